The summed E-state index contributed by atoms with van der Waals surface area (Å²) in [6, 6.07) is 3.99. The molecule has 0 amide bonds. The van der Waals surface area contributed by atoms with E-state index in [1.807, 2.05) is 24.8 Å². The molecule has 1 aliphatic carbocycles. The van der Waals surface area contributed by atoms with E-state index in [0.29, 0.717) is 18.7 Å². The summed E-state index contributed by atoms with van der Waals surface area (Å²) in [4.78, 5) is 0. The Kier molecular flexibility index (Phi) is 11.1. The largest absolute Gasteiger partial charge is 0.507 e. The Morgan fingerprint density at radius 1 is 1.30 bits per heavy atom. The smallest absolute Gasteiger partial charge is 0.250 e. The minimum Gasteiger partial charge on any atom is -0.507 e. The lowest BCUT2D eigenvalue weighted by atomic mass is 9.73. The lowest BCUT2D eigenvalue weighted by Crippen LogP contribution is -2.27. The Balaban J connectivity index is 2.57. The van der Waals surface area contributed by atoms with E-state index in [9.17, 15) is 10.2 Å². The molecule has 5 nitrogen and oxygen atoms in total. The van der Waals surface area contributed by atoms with Crippen molar-refractivity contribution in [3.05, 3.63) is 47.1 Å². The standard InChI is InChI=1S/C26H43N2O3PS/c1-7-8-9-11-21-17-24(30)26(23-16-20(4)12-13-22(23)19(2)3)25(18-21)31-32(33,28(5)6)27-14-10-15-29/h16-18,22-23,29-30H,2,7-15H2,1,3-6H3,(H,27,33)/t22-,23+,32?/m0/s1. The van der Waals surface area contributed by atoms with Crippen LogP contribution >= 0.6 is 6.57 Å². The van der Waals surface area contributed by atoms with Crippen molar-refractivity contribution in [1.29, 1.82) is 0 Å². The average molecular weight is 495 g/mol. The van der Waals surface area contributed by atoms with E-state index in [-0.39, 0.29) is 24.2 Å². The van der Waals surface area contributed by atoms with Gasteiger partial charge in [0.1, 0.15) is 11.5 Å². The van der Waals surface area contributed by atoms with Crippen LogP contribution in [0.5, 0.6) is 11.5 Å². The van der Waals surface area contributed by atoms with Gasteiger partial charge in [0.05, 0.1) is 0 Å². The fourth-order valence-corrected chi connectivity index (χ4v) is 6.28. The fourth-order valence-electron chi connectivity index (χ4n) is 4.40. The highest BCUT2D eigenvalue weighted by Gasteiger charge is 2.33. The van der Waals surface area contributed by atoms with Crippen molar-refractivity contribution in [2.75, 3.05) is 27.2 Å². The van der Waals surface area contributed by atoms with Crippen LogP contribution in [0.3, 0.4) is 0 Å². The fraction of sp³-hybridized carbons (Fsp3) is 0.615. The SMILES string of the molecule is C=C(C)[C@@H]1CCC(C)=C[C@H]1c1c(O)cc(CCCCC)cc1OP(=S)(NCCCO)N(C)C. The molecule has 0 aliphatic heterocycles. The van der Waals surface area contributed by atoms with E-state index in [2.05, 4.69) is 44.6 Å². The topological polar surface area (TPSA) is 65.0 Å². The minimum atomic E-state index is -2.60. The first-order valence-corrected chi connectivity index (χ1v) is 14.8. The Morgan fingerprint density at radius 2 is 2.03 bits per heavy atom. The van der Waals surface area contributed by atoms with Gasteiger partial charge >= 0.3 is 0 Å². The van der Waals surface area contributed by atoms with Gasteiger partial charge in [-0.1, -0.05) is 43.6 Å². The molecule has 0 aromatic heterocycles. The number of aliphatic hydroxyl groups excluding tert-OH is 1. The van der Waals surface area contributed by atoms with Crippen LogP contribution < -0.4 is 9.61 Å². The molecular formula is C26H43N2O3PS. The number of nitrogens with zero attached hydrogens (tertiary/aromatic N) is 1. The van der Waals surface area contributed by atoms with Crippen molar-refractivity contribution in [1.82, 2.24) is 9.76 Å². The number of aliphatic hydroxyl groups is 1. The number of benzene rings is 1. The Hall–Kier alpha value is -1.17. The zero-order chi connectivity index (χ0) is 24.6. The maximum absolute atomic E-state index is 11.3. The van der Waals surface area contributed by atoms with Crippen LogP contribution in [0.4, 0.5) is 0 Å². The van der Waals surface area contributed by atoms with E-state index in [0.717, 1.165) is 55.2 Å². The van der Waals surface area contributed by atoms with Crippen LogP contribution in [0.25, 0.3) is 0 Å². The van der Waals surface area contributed by atoms with Gasteiger partial charge in [0, 0.05) is 24.6 Å². The molecule has 1 unspecified atom stereocenters. The van der Waals surface area contributed by atoms with Crippen molar-refractivity contribution in [2.45, 2.75) is 71.6 Å². The Bertz CT molecular complexity index is 885. The first-order valence-electron chi connectivity index (χ1n) is 12.1. The summed E-state index contributed by atoms with van der Waals surface area (Å²) >= 11 is 5.99. The summed E-state index contributed by atoms with van der Waals surface area (Å²) in [5.74, 6) is 1.18. The highest BCUT2D eigenvalue weighted by molar-refractivity contribution is 8.10. The summed E-state index contributed by atoms with van der Waals surface area (Å²) in [7, 11) is 3.83. The summed E-state index contributed by atoms with van der Waals surface area (Å²) < 4.78 is 8.54. The Morgan fingerprint density at radius 3 is 2.64 bits per heavy atom. The molecule has 0 saturated heterocycles. The molecule has 7 heteroatoms. The molecule has 0 fully saturated rings. The second kappa shape index (κ2) is 13.1. The summed E-state index contributed by atoms with van der Waals surface area (Å²) in [6.45, 7) is 8.73. The number of rotatable bonds is 13. The maximum atomic E-state index is 11.3. The van der Waals surface area contributed by atoms with E-state index < -0.39 is 6.57 Å². The van der Waals surface area contributed by atoms with Gasteiger partial charge in [0.2, 0.25) is 6.57 Å². The molecule has 0 bridgehead atoms. The lowest BCUT2D eigenvalue weighted by molar-refractivity contribution is 0.288. The summed E-state index contributed by atoms with van der Waals surface area (Å²) in [6.07, 6.45) is 9.18. The van der Waals surface area contributed by atoms with Gasteiger partial charge in [0.25, 0.3) is 0 Å². The number of phenols is 1. The van der Waals surface area contributed by atoms with Crippen molar-refractivity contribution < 1.29 is 14.7 Å². The predicted molar refractivity (Wildman–Crippen MR) is 144 cm³/mol. The van der Waals surface area contributed by atoms with Crippen molar-refractivity contribution in [3.8, 4) is 11.5 Å². The minimum absolute atomic E-state index is 0.000930. The molecule has 0 radical (unpaired) electrons. The molecule has 33 heavy (non-hydrogen) atoms. The zero-order valence-electron chi connectivity index (χ0n) is 21.1. The van der Waals surface area contributed by atoms with Gasteiger partial charge in [-0.2, -0.15) is 0 Å². The first-order chi connectivity index (χ1) is 15.6. The van der Waals surface area contributed by atoms with E-state index >= 15 is 0 Å². The van der Waals surface area contributed by atoms with Gasteiger partial charge in [0.15, 0.2) is 0 Å². The number of allylic oxidation sites excluding steroid dienone is 3. The molecule has 0 spiro atoms. The van der Waals surface area contributed by atoms with Crippen LogP contribution in [-0.2, 0) is 18.2 Å². The third-order valence-corrected chi connectivity index (χ3v) is 10.1. The van der Waals surface area contributed by atoms with Gasteiger partial charge in [-0.25, -0.2) is 9.76 Å². The highest BCUT2D eigenvalue weighted by Crippen LogP contribution is 2.52. The van der Waals surface area contributed by atoms with Gasteiger partial charge in [-0.05, 0) is 95.5 Å². The molecule has 0 saturated carbocycles. The van der Waals surface area contributed by atoms with E-state index in [1.54, 1.807) is 0 Å². The quantitative estimate of drug-likeness (QED) is 0.170. The molecule has 1 aromatic carbocycles. The molecule has 0 heterocycles. The van der Waals surface area contributed by atoms with Crippen LogP contribution in [0.1, 0.15) is 76.3 Å². The lowest BCUT2D eigenvalue weighted by Gasteiger charge is -2.35. The monoisotopic (exact) mass is 494 g/mol. The summed E-state index contributed by atoms with van der Waals surface area (Å²) in [5.41, 5.74) is 4.32. The third kappa shape index (κ3) is 7.66. The number of hydrogen-bond acceptors (Lipinski definition) is 4. The molecule has 186 valence electrons. The molecule has 1 aliphatic rings. The number of unbranched alkanes of at least 4 members (excludes halogenated alkanes) is 2. The number of aryl methyl sites for hydroxylation is 1. The molecule has 3 atom stereocenters. The average Bonchev–Trinajstić information content (AvgIpc) is 2.73. The second-order valence-electron chi connectivity index (χ2n) is 9.46. The number of phenolic OH excluding ortho intramolecular Hbond substituents is 1. The second-order valence-corrected chi connectivity index (χ2v) is 13.3. The predicted octanol–water partition coefficient (Wildman–Crippen LogP) is 6.28. The van der Waals surface area contributed by atoms with Crippen LogP contribution in [0, 0.1) is 5.92 Å². The van der Waals surface area contributed by atoms with E-state index in [4.69, 9.17) is 16.3 Å². The van der Waals surface area contributed by atoms with Crippen molar-refractivity contribution >= 4 is 18.4 Å². The van der Waals surface area contributed by atoms with Crippen LogP contribution in [0.2, 0.25) is 0 Å². The van der Waals surface area contributed by atoms with Crippen molar-refractivity contribution in [2.24, 2.45) is 5.92 Å². The number of aromatic hydroxyl groups is 1. The number of hydrogen-bond donors (Lipinski definition) is 3. The van der Waals surface area contributed by atoms with Gasteiger partial charge < -0.3 is 14.7 Å². The van der Waals surface area contributed by atoms with Crippen molar-refractivity contribution in [3.63, 3.8) is 0 Å². The van der Waals surface area contributed by atoms with Gasteiger partial charge in [-0.3, -0.25) is 0 Å². The Labute approximate surface area is 206 Å². The van der Waals surface area contributed by atoms with Crippen LogP contribution in [-0.4, -0.2) is 42.1 Å². The van der Waals surface area contributed by atoms with Gasteiger partial charge in [-0.15, -0.1) is 0 Å². The summed E-state index contributed by atoms with van der Waals surface area (Å²) in [5, 5.41) is 23.9. The maximum Gasteiger partial charge on any atom is 0.250 e. The normalized spacial score (nSPS) is 20.4. The van der Waals surface area contributed by atoms with Crippen LogP contribution in [0.15, 0.2) is 35.9 Å². The molecule has 1 aromatic rings. The van der Waals surface area contributed by atoms with E-state index in [1.165, 1.54) is 5.57 Å². The molecular weight excluding hydrogens is 451 g/mol. The molecule has 3 N–H and O–H groups in total. The zero-order valence-corrected chi connectivity index (χ0v) is 22.8. The highest BCUT2D eigenvalue weighted by atomic mass is 32.5. The first kappa shape index (κ1) is 28.1. The third-order valence-electron chi connectivity index (χ3n) is 6.36. The molecule has 2 rings (SSSR count). The number of nitrogens with one attached hydrogen (secondary N) is 1.